The Kier molecular flexibility index (Phi) is 41.7. The number of carbonyl (C=O) groups excluding carboxylic acids is 8. The lowest BCUT2D eigenvalue weighted by Crippen LogP contribution is -2.35. The second kappa shape index (κ2) is 51.1. The monoisotopic (exact) mass is 1500 g/mol. The third-order valence-electron chi connectivity index (χ3n) is 26.7. The third kappa shape index (κ3) is 29.0. The largest absolute Gasteiger partial charge is 0.457 e. The molecule has 2 fully saturated rings. The first-order valence-electron chi connectivity index (χ1n) is 46.1. The number of carbonyl (C=O) groups is 8. The van der Waals surface area contributed by atoms with Gasteiger partial charge in [-0.25, -0.2) is 0 Å². The zero-order valence-electron chi connectivity index (χ0n) is 69.3. The highest BCUT2D eigenvalue weighted by Crippen LogP contribution is 2.50. The highest BCUT2D eigenvalue weighted by molar-refractivity contribution is 6.22. The second-order valence-electron chi connectivity index (χ2n) is 34.7. The van der Waals surface area contributed by atoms with Gasteiger partial charge in [-0.2, -0.15) is 0 Å². The van der Waals surface area contributed by atoms with Gasteiger partial charge >= 0.3 is 0 Å². The van der Waals surface area contributed by atoms with E-state index in [4.69, 9.17) is 4.74 Å². The van der Waals surface area contributed by atoms with E-state index in [0.717, 1.165) is 124 Å². The van der Waals surface area contributed by atoms with Gasteiger partial charge < -0.3 is 4.74 Å². The molecule has 0 saturated heterocycles. The van der Waals surface area contributed by atoms with Gasteiger partial charge in [0.2, 0.25) is 0 Å². The first kappa shape index (κ1) is 88.8. The predicted molar refractivity (Wildman–Crippen MR) is 445 cm³/mol. The Morgan fingerprint density at radius 2 is 0.459 bits per heavy atom. The number of unbranched alkanes of at least 4 members (excludes halogenated alkanes) is 36. The van der Waals surface area contributed by atoms with Crippen molar-refractivity contribution in [3.8, 4) is 11.5 Å². The Bertz CT molecular complexity index is 2890. The molecule has 0 spiro atoms. The van der Waals surface area contributed by atoms with Crippen LogP contribution in [0, 0.1) is 47.3 Å². The van der Waals surface area contributed by atoms with Crippen LogP contribution >= 0.6 is 0 Å². The fourth-order valence-corrected chi connectivity index (χ4v) is 20.3. The first-order chi connectivity index (χ1) is 53.4. The Labute approximate surface area is 661 Å². The van der Waals surface area contributed by atoms with Crippen molar-refractivity contribution in [3.05, 3.63) is 83.0 Å². The molecular formula is C96H150N4O9. The minimum absolute atomic E-state index is 0.170. The normalized spacial score (nSPS) is 21.3. The summed E-state index contributed by atoms with van der Waals surface area (Å²) >= 11 is 0. The van der Waals surface area contributed by atoms with Gasteiger partial charge in [-0.05, 0) is 161 Å². The van der Waals surface area contributed by atoms with Gasteiger partial charge in [-0.15, -0.1) is 0 Å². The van der Waals surface area contributed by atoms with Crippen LogP contribution in [0.15, 0.2) is 60.7 Å². The summed E-state index contributed by atoms with van der Waals surface area (Å²) in [5.74, 6) is 5.73. The molecule has 4 aliphatic heterocycles. The lowest BCUT2D eigenvalue weighted by Gasteiger charge is -2.44. The molecule has 8 unspecified atom stereocenters. The molecule has 13 nitrogen and oxygen atoms in total. The fraction of sp³-hybridized carbons (Fsp3) is 0.750. The number of hydrogen-bond acceptors (Lipinski definition) is 9. The van der Waals surface area contributed by atoms with Crippen LogP contribution < -0.4 is 4.74 Å². The van der Waals surface area contributed by atoms with E-state index >= 15 is 0 Å². The average Bonchev–Trinajstić information content (AvgIpc) is 1.62. The molecule has 8 rings (SSSR count). The van der Waals surface area contributed by atoms with E-state index in [9.17, 15) is 38.4 Å². The number of rotatable bonds is 62. The Hall–Kier alpha value is -5.72. The van der Waals surface area contributed by atoms with Gasteiger partial charge in [0.05, 0.1) is 22.3 Å². The third-order valence-corrected chi connectivity index (χ3v) is 26.7. The average molecular weight is 1500 g/mol. The van der Waals surface area contributed by atoms with Crippen LogP contribution in [0.25, 0.3) is 0 Å². The highest BCUT2D eigenvalue weighted by Gasteiger charge is 2.41. The van der Waals surface area contributed by atoms with Crippen LogP contribution in [-0.4, -0.2) is 93.0 Å². The van der Waals surface area contributed by atoms with Crippen LogP contribution in [0.1, 0.15) is 429 Å². The van der Waals surface area contributed by atoms with E-state index in [0.29, 0.717) is 59.9 Å². The van der Waals surface area contributed by atoms with Gasteiger partial charge in [0.15, 0.2) is 0 Å². The molecule has 2 saturated carbocycles. The molecule has 13 heteroatoms. The zero-order valence-corrected chi connectivity index (χ0v) is 69.3. The second-order valence-corrected chi connectivity index (χ2v) is 34.7. The van der Waals surface area contributed by atoms with E-state index in [1.54, 1.807) is 36.4 Å². The van der Waals surface area contributed by atoms with Crippen molar-refractivity contribution >= 4 is 47.3 Å². The number of nitrogens with zero attached hydrogens (tertiary/aromatic N) is 4. The molecule has 2 aliphatic carbocycles. The summed E-state index contributed by atoms with van der Waals surface area (Å²) in [6.07, 6.45) is 76.1. The molecule has 2 aromatic carbocycles. The van der Waals surface area contributed by atoms with E-state index < -0.39 is 0 Å². The summed E-state index contributed by atoms with van der Waals surface area (Å²) in [7, 11) is 0. The maximum Gasteiger partial charge on any atom is 0.261 e. The van der Waals surface area contributed by atoms with Crippen molar-refractivity contribution < 1.29 is 43.1 Å². The number of amides is 8. The van der Waals surface area contributed by atoms with E-state index in [2.05, 4.69) is 27.7 Å². The van der Waals surface area contributed by atoms with Gasteiger partial charge in [0.25, 0.3) is 47.3 Å². The smallest absolute Gasteiger partial charge is 0.261 e. The van der Waals surface area contributed by atoms with Crippen LogP contribution in [0.2, 0.25) is 0 Å². The minimum atomic E-state index is -0.295. The molecule has 6 aliphatic rings. The molecular weight excluding hydrogens is 1350 g/mol. The zero-order chi connectivity index (χ0) is 77.2. The lowest BCUT2D eigenvalue weighted by molar-refractivity contribution is -0.138. The summed E-state index contributed by atoms with van der Waals surface area (Å²) in [6, 6.07) is 10.1. The number of imide groups is 4. The van der Waals surface area contributed by atoms with Crippen LogP contribution in [-0.2, 0) is 19.2 Å². The summed E-state index contributed by atoms with van der Waals surface area (Å²) < 4.78 is 6.28. The molecule has 0 bridgehead atoms. The summed E-state index contributed by atoms with van der Waals surface area (Å²) in [5, 5.41) is 0. The topological polar surface area (TPSA) is 159 Å². The number of ether oxygens (including phenoxy) is 1. The molecule has 109 heavy (non-hydrogen) atoms. The molecule has 0 radical (unpaired) electrons. The van der Waals surface area contributed by atoms with E-state index in [-0.39, 0.29) is 47.3 Å². The van der Waals surface area contributed by atoms with Crippen LogP contribution in [0.5, 0.6) is 11.5 Å². The van der Waals surface area contributed by atoms with E-state index in [1.165, 1.54) is 326 Å². The van der Waals surface area contributed by atoms with E-state index in [1.807, 2.05) is 0 Å². The Balaban J connectivity index is 0.731. The molecule has 8 amide bonds. The van der Waals surface area contributed by atoms with Gasteiger partial charge in [0.1, 0.15) is 11.5 Å². The maximum absolute atomic E-state index is 13.9. The van der Waals surface area contributed by atoms with Crippen molar-refractivity contribution in [1.29, 1.82) is 0 Å². The van der Waals surface area contributed by atoms with Gasteiger partial charge in [-0.1, -0.05) is 310 Å². The standard InChI is InChI=1S/C96H150N4O9/c1-5-9-13-17-29-41-53-81-75(49-37-15-11-7-3)57-59-77(83(81)55-43-31-21-25-33-45-69-97-89(101)65-66-90(97)102)51-39-27-19-23-35-47-71-99-93(105)85-63-61-79(73-87(85)95(99)107)109-80-62-64-86-88(74-80)96(108)100(94(86)106)72-48-36-24-20-28-40-52-78-60-58-76(50-38-16-12-8-4)82(54-42-30-18-14-10-6-2)84(78)56-44-32-22-26-34-46-70-98-91(103)67-68-92(98)104/h61-68,73-78,81-84H,5-60,69-72H2,1-4H3. The first-order valence-corrected chi connectivity index (χ1v) is 46.1. The number of hydrogen-bond donors (Lipinski definition) is 0. The van der Waals surface area contributed by atoms with Crippen LogP contribution in [0.3, 0.4) is 0 Å². The van der Waals surface area contributed by atoms with Crippen LogP contribution in [0.4, 0.5) is 0 Å². The molecule has 0 aromatic heterocycles. The van der Waals surface area contributed by atoms with Gasteiger partial charge in [0, 0.05) is 50.5 Å². The fourth-order valence-electron chi connectivity index (χ4n) is 20.3. The SMILES string of the molecule is CCCCCCCCC1C(CCCCCC)CCC(CCCCCCCCN2C(=O)c3ccc(Oc4ccc5c(c4)C(=O)N(CCCCCCCCC4CCC(CCCCCC)C(CCCCCCCC)C4CCCCCCCCN4C(=O)C=CC4=O)C5=O)cc3C2=O)C1CCCCCCCCN1C(=O)C=CC1=O. The predicted octanol–water partition coefficient (Wildman–Crippen LogP) is 25.4. The van der Waals surface area contributed by atoms with Crippen molar-refractivity contribution in [2.45, 2.75) is 387 Å². The Morgan fingerprint density at radius 3 is 0.725 bits per heavy atom. The van der Waals surface area contributed by atoms with Crippen molar-refractivity contribution in [1.82, 2.24) is 19.6 Å². The maximum atomic E-state index is 13.9. The number of fused-ring (bicyclic) bond motifs is 2. The van der Waals surface area contributed by atoms with Crippen molar-refractivity contribution in [3.63, 3.8) is 0 Å². The quantitative estimate of drug-likeness (QED) is 0.0464. The Morgan fingerprint density at radius 1 is 0.248 bits per heavy atom. The minimum Gasteiger partial charge on any atom is -0.457 e. The van der Waals surface area contributed by atoms with Crippen molar-refractivity contribution in [2.75, 3.05) is 26.2 Å². The molecule has 608 valence electrons. The van der Waals surface area contributed by atoms with Gasteiger partial charge in [-0.3, -0.25) is 58.0 Å². The molecule has 4 heterocycles. The highest BCUT2D eigenvalue weighted by atomic mass is 16.5. The van der Waals surface area contributed by atoms with Crippen molar-refractivity contribution in [2.24, 2.45) is 47.3 Å². The number of benzene rings is 2. The molecule has 2 aromatic rings. The summed E-state index contributed by atoms with van der Waals surface area (Å²) in [4.78, 5) is 109. The molecule has 0 N–H and O–H groups in total. The summed E-state index contributed by atoms with van der Waals surface area (Å²) in [6.45, 7) is 11.1. The molecule has 8 atom stereocenters. The lowest BCUT2D eigenvalue weighted by atomic mass is 9.61. The summed E-state index contributed by atoms with van der Waals surface area (Å²) in [5.41, 5.74) is 1.45.